The quantitative estimate of drug-likeness (QED) is 0.906. The third-order valence-corrected chi connectivity index (χ3v) is 3.29. The number of carbonyl (C=O) groups is 1. The van der Waals surface area contributed by atoms with Crippen molar-refractivity contribution < 1.29 is 14.6 Å². The molecule has 5 nitrogen and oxygen atoms in total. The zero-order valence-electron chi connectivity index (χ0n) is 9.04. The topological polar surface area (TPSA) is 85.4 Å². The van der Waals surface area contributed by atoms with Crippen LogP contribution in [-0.2, 0) is 0 Å². The molecule has 0 radical (unpaired) electrons. The second-order valence-electron chi connectivity index (χ2n) is 3.41. The number of amides is 1. The van der Waals surface area contributed by atoms with Gasteiger partial charge < -0.3 is 15.6 Å². The van der Waals surface area contributed by atoms with Crippen molar-refractivity contribution in [1.29, 1.82) is 0 Å². The van der Waals surface area contributed by atoms with E-state index >= 15 is 0 Å². The molecule has 0 saturated heterocycles. The molecule has 1 amide bonds. The van der Waals surface area contributed by atoms with Gasteiger partial charge in [0.05, 0.1) is 4.88 Å². The van der Waals surface area contributed by atoms with Gasteiger partial charge in [0.2, 0.25) is 0 Å². The van der Waals surface area contributed by atoms with Gasteiger partial charge in [0.15, 0.2) is 0 Å². The highest BCUT2D eigenvalue weighted by molar-refractivity contribution is 7.13. The van der Waals surface area contributed by atoms with Crippen LogP contribution in [0, 0.1) is 0 Å². The van der Waals surface area contributed by atoms with Crippen molar-refractivity contribution in [3.63, 3.8) is 0 Å². The molecule has 0 aliphatic carbocycles. The maximum absolute atomic E-state index is 10.5. The van der Waals surface area contributed by atoms with Crippen molar-refractivity contribution >= 4 is 29.0 Å². The summed E-state index contributed by atoms with van der Waals surface area (Å²) in [4.78, 5) is 14.9. The summed E-state index contributed by atoms with van der Waals surface area (Å²) in [6, 6.07) is 6.85. The zero-order chi connectivity index (χ0) is 13.1. The zero-order valence-corrected chi connectivity index (χ0v) is 10.6. The van der Waals surface area contributed by atoms with Crippen molar-refractivity contribution in [1.82, 2.24) is 4.98 Å². The average Bonchev–Trinajstić information content (AvgIpc) is 2.75. The maximum atomic E-state index is 10.5. The number of hydrogen-bond donors (Lipinski definition) is 2. The number of primary amides is 1. The van der Waals surface area contributed by atoms with Gasteiger partial charge in [0, 0.05) is 11.2 Å². The molecule has 0 fully saturated rings. The molecule has 1 atom stereocenters. The van der Waals surface area contributed by atoms with Crippen LogP contribution in [0.5, 0.6) is 5.19 Å². The van der Waals surface area contributed by atoms with Crippen LogP contribution in [0.1, 0.15) is 16.5 Å². The van der Waals surface area contributed by atoms with Crippen molar-refractivity contribution in [3.8, 4) is 5.19 Å². The van der Waals surface area contributed by atoms with Crippen LogP contribution in [0.3, 0.4) is 0 Å². The molecule has 2 rings (SSSR count). The summed E-state index contributed by atoms with van der Waals surface area (Å²) < 4.78 is 4.61. The Balaban J connectivity index is 2.21. The Labute approximate surface area is 112 Å². The number of aliphatic hydroxyl groups is 1. The highest BCUT2D eigenvalue weighted by atomic mass is 35.5. The SMILES string of the molecule is NC(=O)Oc1ncc(C(O)c2cccc(Cl)c2)s1. The third-order valence-electron chi connectivity index (χ3n) is 2.12. The number of ether oxygens (including phenoxy) is 1. The van der Waals surface area contributed by atoms with E-state index in [1.807, 2.05) is 0 Å². The Morgan fingerprint density at radius 1 is 1.56 bits per heavy atom. The van der Waals surface area contributed by atoms with Crippen LogP contribution in [0.2, 0.25) is 5.02 Å². The molecule has 1 heterocycles. The standard InChI is InChI=1S/C11H9ClN2O3S/c12-7-3-1-2-6(4-7)9(15)8-5-14-11(18-8)17-10(13)16/h1-5,9,15H,(H2,13,16). The molecule has 18 heavy (non-hydrogen) atoms. The summed E-state index contributed by atoms with van der Waals surface area (Å²) >= 11 is 6.88. The fraction of sp³-hybridized carbons (Fsp3) is 0.0909. The minimum absolute atomic E-state index is 0.0959. The van der Waals surface area contributed by atoms with Crippen molar-refractivity contribution in [2.45, 2.75) is 6.10 Å². The minimum Gasteiger partial charge on any atom is -0.383 e. The van der Waals surface area contributed by atoms with Gasteiger partial charge in [-0.1, -0.05) is 35.1 Å². The van der Waals surface area contributed by atoms with E-state index in [0.717, 1.165) is 11.3 Å². The number of hydrogen-bond acceptors (Lipinski definition) is 5. The first kappa shape index (κ1) is 12.8. The van der Waals surface area contributed by atoms with Crippen molar-refractivity contribution in [2.24, 2.45) is 5.73 Å². The number of benzene rings is 1. The van der Waals surface area contributed by atoms with Gasteiger partial charge in [0.25, 0.3) is 5.19 Å². The van der Waals surface area contributed by atoms with E-state index in [-0.39, 0.29) is 5.19 Å². The summed E-state index contributed by atoms with van der Waals surface area (Å²) in [5, 5.41) is 10.7. The largest absolute Gasteiger partial charge is 0.411 e. The summed E-state index contributed by atoms with van der Waals surface area (Å²) in [6.45, 7) is 0. The summed E-state index contributed by atoms with van der Waals surface area (Å²) in [7, 11) is 0. The molecule has 94 valence electrons. The number of thiazole rings is 1. The third kappa shape index (κ3) is 2.98. The van der Waals surface area contributed by atoms with E-state index in [0.29, 0.717) is 15.5 Å². The van der Waals surface area contributed by atoms with Crippen LogP contribution in [0.4, 0.5) is 4.79 Å². The van der Waals surface area contributed by atoms with E-state index in [2.05, 4.69) is 9.72 Å². The number of aliphatic hydroxyl groups excluding tert-OH is 1. The first-order chi connectivity index (χ1) is 8.56. The highest BCUT2D eigenvalue weighted by Crippen LogP contribution is 2.31. The summed E-state index contributed by atoms with van der Waals surface area (Å²) in [6.07, 6.45) is -0.381. The van der Waals surface area contributed by atoms with E-state index in [1.54, 1.807) is 24.3 Å². The van der Waals surface area contributed by atoms with Gasteiger partial charge >= 0.3 is 6.09 Å². The number of aromatic nitrogens is 1. The molecule has 2 aromatic rings. The van der Waals surface area contributed by atoms with Crippen LogP contribution < -0.4 is 10.5 Å². The smallest absolute Gasteiger partial charge is 0.383 e. The Morgan fingerprint density at radius 2 is 2.33 bits per heavy atom. The highest BCUT2D eigenvalue weighted by Gasteiger charge is 2.15. The lowest BCUT2D eigenvalue weighted by atomic mass is 10.1. The van der Waals surface area contributed by atoms with Gasteiger partial charge in [0.1, 0.15) is 6.10 Å². The molecule has 3 N–H and O–H groups in total. The number of carbonyl (C=O) groups excluding carboxylic acids is 1. The van der Waals surface area contributed by atoms with Crippen LogP contribution >= 0.6 is 22.9 Å². The van der Waals surface area contributed by atoms with E-state index < -0.39 is 12.2 Å². The number of nitrogens with two attached hydrogens (primary N) is 1. The van der Waals surface area contributed by atoms with Gasteiger partial charge in [-0.15, -0.1) is 0 Å². The normalized spacial score (nSPS) is 12.1. The van der Waals surface area contributed by atoms with Crippen molar-refractivity contribution in [2.75, 3.05) is 0 Å². The Kier molecular flexibility index (Phi) is 3.81. The first-order valence-electron chi connectivity index (χ1n) is 4.93. The average molecular weight is 285 g/mol. The first-order valence-corrected chi connectivity index (χ1v) is 6.12. The minimum atomic E-state index is -0.937. The summed E-state index contributed by atoms with van der Waals surface area (Å²) in [5.74, 6) is 0. The molecular formula is C11H9ClN2O3S. The second kappa shape index (κ2) is 5.34. The molecule has 7 heteroatoms. The fourth-order valence-corrected chi connectivity index (χ4v) is 2.35. The van der Waals surface area contributed by atoms with Gasteiger partial charge in [-0.05, 0) is 17.7 Å². The molecule has 0 saturated carbocycles. The maximum Gasteiger partial charge on any atom is 0.411 e. The molecule has 0 aliphatic heterocycles. The van der Waals surface area contributed by atoms with Crippen molar-refractivity contribution in [3.05, 3.63) is 45.9 Å². The predicted octanol–water partition coefficient (Wildman–Crippen LogP) is 2.34. The number of nitrogens with zero attached hydrogens (tertiary/aromatic N) is 1. The number of rotatable bonds is 3. The Hall–Kier alpha value is -1.63. The monoisotopic (exact) mass is 284 g/mol. The van der Waals surface area contributed by atoms with Gasteiger partial charge in [-0.2, -0.15) is 0 Å². The van der Waals surface area contributed by atoms with Gasteiger partial charge in [-0.25, -0.2) is 9.78 Å². The molecule has 1 aromatic carbocycles. The molecular weight excluding hydrogens is 276 g/mol. The molecule has 1 unspecified atom stereocenters. The predicted molar refractivity (Wildman–Crippen MR) is 67.8 cm³/mol. The molecule has 0 bridgehead atoms. The second-order valence-corrected chi connectivity index (χ2v) is 4.87. The molecule has 0 spiro atoms. The van der Waals surface area contributed by atoms with Crippen LogP contribution in [0.15, 0.2) is 30.5 Å². The lowest BCUT2D eigenvalue weighted by molar-refractivity contribution is 0.210. The number of halogens is 1. The lowest BCUT2D eigenvalue weighted by Gasteiger charge is -2.07. The Bertz CT molecular complexity index is 573. The summed E-state index contributed by atoms with van der Waals surface area (Å²) in [5.41, 5.74) is 5.50. The molecule has 1 aromatic heterocycles. The van der Waals surface area contributed by atoms with E-state index in [4.69, 9.17) is 17.3 Å². The van der Waals surface area contributed by atoms with Crippen LogP contribution in [-0.4, -0.2) is 16.2 Å². The fourth-order valence-electron chi connectivity index (χ4n) is 1.37. The molecule has 0 aliphatic rings. The van der Waals surface area contributed by atoms with Gasteiger partial charge in [-0.3, -0.25) is 0 Å². The van der Waals surface area contributed by atoms with Crippen LogP contribution in [0.25, 0.3) is 0 Å². The van der Waals surface area contributed by atoms with E-state index in [1.165, 1.54) is 6.20 Å². The lowest BCUT2D eigenvalue weighted by Crippen LogP contribution is -2.15. The van der Waals surface area contributed by atoms with E-state index in [9.17, 15) is 9.90 Å². The Morgan fingerprint density at radius 3 is 3.00 bits per heavy atom.